The quantitative estimate of drug-likeness (QED) is 0.0845. The molecule has 6 aromatic heterocycles. The van der Waals surface area contributed by atoms with Crippen LogP contribution in [0.1, 0.15) is 485 Å². The van der Waals surface area contributed by atoms with Gasteiger partial charge in [-0.15, -0.1) is 0 Å². The zero-order valence-electron chi connectivity index (χ0n) is 69.9. The van der Waals surface area contributed by atoms with E-state index < -0.39 is 0 Å². The van der Waals surface area contributed by atoms with Gasteiger partial charge >= 0.3 is 0 Å². The highest BCUT2D eigenvalue weighted by Gasteiger charge is 2.26. The molecule has 6 rings (SSSR count). The summed E-state index contributed by atoms with van der Waals surface area (Å²) >= 11 is 0. The lowest BCUT2D eigenvalue weighted by molar-refractivity contribution is 0.574. The molecule has 0 amide bonds. The number of halogens is 1. The zero-order valence-corrected chi connectivity index (χ0v) is 69.9. The van der Waals surface area contributed by atoms with Crippen LogP contribution in [0, 0.1) is 44.8 Å². The Kier molecular flexibility index (Phi) is 37.3. The SMILES string of the molecule is CC(C)c1ccnc(C(C)C)c1C(C)C.CC(C)c1ncc(C#N)c(C(C)C)c1C(C)C.CC(C)c1ncc(F)c(C(C)C)c1C(C)C.Cc1cc(C(C)C)c(C(C)C)c(C(C)C)n1.Cc1nc(C(C)C)c(C(C)C)c(C(C)C)c1C.Cc1ncc(C(C)C)c(C(C)C)c1C(C)C. The lowest BCUT2D eigenvalue weighted by Gasteiger charge is -2.25. The largest absolute Gasteiger partial charge is 0.261 e. The number of aryl methyl sites for hydroxylation is 3. The molecule has 6 aromatic rings. The molecule has 0 saturated carbocycles. The summed E-state index contributed by atoms with van der Waals surface area (Å²) in [4.78, 5) is 27.4. The number of hydrogen-bond donors (Lipinski definition) is 0. The van der Waals surface area contributed by atoms with Gasteiger partial charge in [-0.05, 0) is 224 Å². The van der Waals surface area contributed by atoms with Gasteiger partial charge < -0.3 is 0 Å². The fourth-order valence-electron chi connectivity index (χ4n) is 14.0. The van der Waals surface area contributed by atoms with Crippen molar-refractivity contribution in [2.45, 2.75) is 383 Å². The third kappa shape index (κ3) is 24.6. The molecular weight excluding hydrogens is 1190 g/mol. The number of rotatable bonds is 18. The fourth-order valence-corrected chi connectivity index (χ4v) is 14.0. The van der Waals surface area contributed by atoms with E-state index in [-0.39, 0.29) is 11.7 Å². The Morgan fingerprint density at radius 2 is 0.629 bits per heavy atom. The van der Waals surface area contributed by atoms with Crippen molar-refractivity contribution in [1.82, 2.24) is 29.9 Å². The normalized spacial score (nSPS) is 11.8. The molecule has 0 aliphatic heterocycles. The predicted octanol–water partition coefficient (Wildman–Crippen LogP) is 28.0. The van der Waals surface area contributed by atoms with Crippen LogP contribution in [0.2, 0.25) is 0 Å². The van der Waals surface area contributed by atoms with E-state index >= 15 is 0 Å². The number of aromatic nitrogens is 6. The maximum Gasteiger partial charge on any atom is 0.145 e. The first-order valence-electron chi connectivity index (χ1n) is 37.8. The molecule has 0 fully saturated rings. The van der Waals surface area contributed by atoms with Gasteiger partial charge in [0.2, 0.25) is 0 Å². The molecule has 0 radical (unpaired) electrons. The van der Waals surface area contributed by atoms with E-state index in [1.165, 1.54) is 101 Å². The predicted molar refractivity (Wildman–Crippen MR) is 423 cm³/mol. The molecule has 0 saturated heterocycles. The zero-order chi connectivity index (χ0) is 75.4. The molecule has 8 heteroatoms. The minimum Gasteiger partial charge on any atom is -0.261 e. The van der Waals surface area contributed by atoms with Crippen molar-refractivity contribution in [2.24, 2.45) is 0 Å². The third-order valence-corrected chi connectivity index (χ3v) is 18.3. The lowest BCUT2D eigenvalue weighted by atomic mass is 9.83. The highest BCUT2D eigenvalue weighted by molar-refractivity contribution is 5.48. The summed E-state index contributed by atoms with van der Waals surface area (Å²) in [6, 6.07) is 6.70. The van der Waals surface area contributed by atoms with E-state index in [1.54, 1.807) is 6.20 Å². The smallest absolute Gasteiger partial charge is 0.145 e. The van der Waals surface area contributed by atoms with Crippen LogP contribution < -0.4 is 0 Å². The Hall–Kier alpha value is -5.68. The van der Waals surface area contributed by atoms with Crippen LogP contribution in [-0.2, 0) is 0 Å². The first-order valence-corrected chi connectivity index (χ1v) is 37.8. The Labute approximate surface area is 597 Å². The van der Waals surface area contributed by atoms with Gasteiger partial charge in [-0.25, -0.2) is 4.39 Å². The summed E-state index contributed by atoms with van der Waals surface area (Å²) in [5.41, 5.74) is 29.4. The average molecular weight is 1330 g/mol. The van der Waals surface area contributed by atoms with E-state index in [0.717, 1.165) is 33.8 Å². The van der Waals surface area contributed by atoms with Gasteiger partial charge in [0, 0.05) is 64.1 Å². The maximum absolute atomic E-state index is 13.8. The summed E-state index contributed by atoms with van der Waals surface area (Å²) < 4.78 is 13.8. The molecule has 7 nitrogen and oxygen atoms in total. The molecule has 0 N–H and O–H groups in total. The Bertz CT molecular complexity index is 3300. The number of hydrogen-bond acceptors (Lipinski definition) is 7. The standard InChI is InChI=1S/C16H27N.C15H22N2.2C15H25N.C14H22FN.C14H23N/c1-9(2)14-12(7)13(8)17-16(11(5)6)15(14)10(3)4;1-9(2)13-12(7-16)8-17-15(11(5)6)14(13)10(3)4;1-9(2)13-8-16-12(7)14(10(3)4)15(13)11(5)6;1-9(2)13-8-12(7)16-15(11(5)6)14(13)10(3)4;1-8(2)12-11(15)7-16-14(10(5)6)13(12)9(3)4;1-9(2)12-7-8-15-14(11(5)6)13(12)10(3)4/h9-11H,1-8H3;8-11H,1-6H3;2*8-11H,1-7H3;7-10H,1-6H3;7-11H,1-6H3. The minimum absolute atomic E-state index is 0.164. The summed E-state index contributed by atoms with van der Waals surface area (Å²) in [6.07, 6.45) is 7.13. The van der Waals surface area contributed by atoms with Gasteiger partial charge in [-0.2, -0.15) is 5.26 Å². The van der Waals surface area contributed by atoms with E-state index in [9.17, 15) is 9.65 Å². The van der Waals surface area contributed by atoms with Crippen molar-refractivity contribution in [3.63, 3.8) is 0 Å². The molecule has 0 bridgehead atoms. The van der Waals surface area contributed by atoms with Crippen LogP contribution in [0.15, 0.2) is 36.9 Å². The van der Waals surface area contributed by atoms with Crippen molar-refractivity contribution in [3.8, 4) is 6.07 Å². The van der Waals surface area contributed by atoms with Crippen molar-refractivity contribution >= 4 is 0 Å². The van der Waals surface area contributed by atoms with E-state index in [2.05, 4.69) is 307 Å². The molecule has 0 spiro atoms. The van der Waals surface area contributed by atoms with E-state index in [4.69, 9.17) is 9.97 Å². The van der Waals surface area contributed by atoms with Crippen molar-refractivity contribution < 1.29 is 4.39 Å². The number of pyridine rings is 6. The van der Waals surface area contributed by atoms with Crippen molar-refractivity contribution in [3.05, 3.63) is 172 Å². The van der Waals surface area contributed by atoms with Crippen molar-refractivity contribution in [2.75, 3.05) is 0 Å². The second-order valence-corrected chi connectivity index (χ2v) is 33.1. The Morgan fingerprint density at radius 3 is 0.990 bits per heavy atom. The molecule has 0 aliphatic rings. The average Bonchev–Trinajstić information content (AvgIpc) is 0.810. The summed E-state index contributed by atoms with van der Waals surface area (Å²) in [5.74, 6) is 8.52. The molecule has 97 heavy (non-hydrogen) atoms. The van der Waals surface area contributed by atoms with Gasteiger partial charge in [0.25, 0.3) is 0 Å². The van der Waals surface area contributed by atoms with Crippen LogP contribution in [0.4, 0.5) is 4.39 Å². The second-order valence-electron chi connectivity index (χ2n) is 33.1. The van der Waals surface area contributed by atoms with Gasteiger partial charge in [-0.3, -0.25) is 29.9 Å². The van der Waals surface area contributed by atoms with Crippen LogP contribution in [0.3, 0.4) is 0 Å². The fraction of sp³-hybridized carbons (Fsp3) is 0.652. The summed E-state index contributed by atoms with van der Waals surface area (Å²) in [7, 11) is 0. The van der Waals surface area contributed by atoms with Gasteiger partial charge in [0.05, 0.1) is 11.8 Å². The third-order valence-electron chi connectivity index (χ3n) is 18.3. The van der Waals surface area contributed by atoms with E-state index in [1.807, 2.05) is 20.0 Å². The minimum atomic E-state index is -0.164. The van der Waals surface area contributed by atoms with Crippen LogP contribution in [0.5, 0.6) is 0 Å². The molecule has 0 unspecified atom stereocenters. The highest BCUT2D eigenvalue weighted by atomic mass is 19.1. The highest BCUT2D eigenvalue weighted by Crippen LogP contribution is 2.40. The van der Waals surface area contributed by atoms with Crippen LogP contribution in [-0.4, -0.2) is 29.9 Å². The number of nitriles is 1. The van der Waals surface area contributed by atoms with Crippen molar-refractivity contribution in [1.29, 1.82) is 5.26 Å². The van der Waals surface area contributed by atoms with Gasteiger partial charge in [0.15, 0.2) is 0 Å². The molecule has 0 aromatic carbocycles. The Morgan fingerprint density at radius 1 is 0.289 bits per heavy atom. The molecule has 0 atom stereocenters. The van der Waals surface area contributed by atoms with Gasteiger partial charge in [-0.1, -0.05) is 249 Å². The maximum atomic E-state index is 13.8. The molecular formula is C89H144FN7. The van der Waals surface area contributed by atoms with Crippen LogP contribution in [0.25, 0.3) is 0 Å². The molecule has 542 valence electrons. The molecule has 0 aliphatic carbocycles. The first kappa shape index (κ1) is 89.3. The summed E-state index contributed by atoms with van der Waals surface area (Å²) in [6.45, 7) is 88.3. The van der Waals surface area contributed by atoms with Gasteiger partial charge in [0.1, 0.15) is 11.9 Å². The monoisotopic (exact) mass is 1330 g/mol. The van der Waals surface area contributed by atoms with E-state index in [0.29, 0.717) is 101 Å². The summed E-state index contributed by atoms with van der Waals surface area (Å²) in [5, 5.41) is 9.21. The number of nitrogens with zero attached hydrogens (tertiary/aromatic N) is 7. The lowest BCUT2D eigenvalue weighted by Crippen LogP contribution is -2.12. The first-order chi connectivity index (χ1) is 44.7. The molecule has 6 heterocycles. The topological polar surface area (TPSA) is 101 Å². The Balaban J connectivity index is 0.000000582. The second kappa shape index (κ2) is 40.5. The van der Waals surface area contributed by atoms with Crippen LogP contribution >= 0.6 is 0 Å².